The number of benzene rings is 7. The molecule has 0 spiro atoms. The SMILES string of the molecule is c1ccc(-c2nc(-c3ccccc3)c3oc4cc(-c5ccc(-c6ccc(-n7c8ccccc8c8ccccc87)cc6)cc5)ccc4c3n2)cc1. The Kier molecular flexibility index (Phi) is 6.46. The maximum Gasteiger partial charge on any atom is 0.180 e. The first-order valence-electron chi connectivity index (χ1n) is 16.8. The molecule has 0 saturated heterocycles. The molecule has 0 aliphatic carbocycles. The highest BCUT2D eigenvalue weighted by atomic mass is 16.3. The highest BCUT2D eigenvalue weighted by molar-refractivity contribution is 6.09. The van der Waals surface area contributed by atoms with Crippen molar-refractivity contribution in [2.45, 2.75) is 0 Å². The van der Waals surface area contributed by atoms with Crippen molar-refractivity contribution in [3.05, 3.63) is 176 Å². The molecule has 3 aromatic heterocycles. The maximum atomic E-state index is 6.55. The van der Waals surface area contributed by atoms with E-state index in [4.69, 9.17) is 14.4 Å². The average Bonchev–Trinajstić information content (AvgIpc) is 3.74. The topological polar surface area (TPSA) is 43.9 Å². The minimum Gasteiger partial charge on any atom is -0.452 e. The van der Waals surface area contributed by atoms with Crippen molar-refractivity contribution < 1.29 is 4.42 Å². The first-order chi connectivity index (χ1) is 24.8. The van der Waals surface area contributed by atoms with E-state index in [0.717, 1.165) is 50.1 Å². The van der Waals surface area contributed by atoms with Gasteiger partial charge in [0.25, 0.3) is 0 Å². The van der Waals surface area contributed by atoms with Crippen LogP contribution in [-0.2, 0) is 0 Å². The lowest BCUT2D eigenvalue weighted by Crippen LogP contribution is -1.93. The normalized spacial score (nSPS) is 11.6. The molecule has 7 aromatic carbocycles. The molecule has 0 radical (unpaired) electrons. The average molecular weight is 640 g/mol. The molecule has 0 amide bonds. The Morgan fingerprint density at radius 1 is 0.400 bits per heavy atom. The first-order valence-corrected chi connectivity index (χ1v) is 16.8. The van der Waals surface area contributed by atoms with Crippen LogP contribution < -0.4 is 0 Å². The molecule has 0 bridgehead atoms. The second-order valence-electron chi connectivity index (χ2n) is 12.6. The van der Waals surface area contributed by atoms with Gasteiger partial charge in [-0.3, -0.25) is 0 Å². The van der Waals surface area contributed by atoms with Crippen molar-refractivity contribution in [3.63, 3.8) is 0 Å². The third-order valence-electron chi connectivity index (χ3n) is 9.65. The lowest BCUT2D eigenvalue weighted by Gasteiger charge is -2.10. The van der Waals surface area contributed by atoms with E-state index in [2.05, 4.69) is 132 Å². The Balaban J connectivity index is 0.999. The minimum absolute atomic E-state index is 0.683. The van der Waals surface area contributed by atoms with Gasteiger partial charge in [-0.1, -0.05) is 140 Å². The summed E-state index contributed by atoms with van der Waals surface area (Å²) in [5, 5.41) is 3.51. The van der Waals surface area contributed by atoms with Gasteiger partial charge in [-0.05, 0) is 58.7 Å². The first kappa shape index (κ1) is 28.3. The van der Waals surface area contributed by atoms with E-state index in [0.29, 0.717) is 11.4 Å². The molecule has 4 nitrogen and oxygen atoms in total. The van der Waals surface area contributed by atoms with Gasteiger partial charge in [0.1, 0.15) is 16.8 Å². The van der Waals surface area contributed by atoms with Gasteiger partial charge in [-0.25, -0.2) is 9.97 Å². The van der Waals surface area contributed by atoms with Gasteiger partial charge in [0.2, 0.25) is 0 Å². The molecular weight excluding hydrogens is 611 g/mol. The van der Waals surface area contributed by atoms with E-state index in [1.807, 2.05) is 48.5 Å². The smallest absolute Gasteiger partial charge is 0.180 e. The molecule has 0 unspecified atom stereocenters. The Labute approximate surface area is 288 Å². The van der Waals surface area contributed by atoms with Crippen LogP contribution in [0.2, 0.25) is 0 Å². The third-order valence-corrected chi connectivity index (χ3v) is 9.65. The number of rotatable bonds is 5. The molecule has 0 N–H and O–H groups in total. The molecule has 50 heavy (non-hydrogen) atoms. The van der Waals surface area contributed by atoms with E-state index in [1.165, 1.54) is 32.9 Å². The fourth-order valence-corrected chi connectivity index (χ4v) is 7.19. The maximum absolute atomic E-state index is 6.55. The number of nitrogens with zero attached hydrogens (tertiary/aromatic N) is 3. The molecule has 234 valence electrons. The zero-order chi connectivity index (χ0) is 33.0. The molecular formula is C46H29N3O. The van der Waals surface area contributed by atoms with E-state index in [9.17, 15) is 0 Å². The summed E-state index contributed by atoms with van der Waals surface area (Å²) in [7, 11) is 0. The highest BCUT2D eigenvalue weighted by Gasteiger charge is 2.19. The van der Waals surface area contributed by atoms with Crippen LogP contribution in [-0.4, -0.2) is 14.5 Å². The number of fused-ring (bicyclic) bond motifs is 6. The van der Waals surface area contributed by atoms with Crippen LogP contribution in [0.25, 0.3) is 94.5 Å². The van der Waals surface area contributed by atoms with E-state index in [-0.39, 0.29) is 0 Å². The van der Waals surface area contributed by atoms with E-state index in [1.54, 1.807) is 0 Å². The molecule has 0 fully saturated rings. The summed E-state index contributed by atoms with van der Waals surface area (Å²) >= 11 is 0. The van der Waals surface area contributed by atoms with Gasteiger partial charge >= 0.3 is 0 Å². The van der Waals surface area contributed by atoms with Gasteiger partial charge in [0.05, 0.1) is 11.0 Å². The quantitative estimate of drug-likeness (QED) is 0.188. The number of para-hydroxylation sites is 2. The van der Waals surface area contributed by atoms with Crippen LogP contribution >= 0.6 is 0 Å². The van der Waals surface area contributed by atoms with Crippen molar-refractivity contribution in [2.24, 2.45) is 0 Å². The van der Waals surface area contributed by atoms with Gasteiger partial charge < -0.3 is 8.98 Å². The summed E-state index contributed by atoms with van der Waals surface area (Å²) in [6.45, 7) is 0. The summed E-state index contributed by atoms with van der Waals surface area (Å²) in [5.41, 5.74) is 13.2. The lowest BCUT2D eigenvalue weighted by atomic mass is 9.99. The van der Waals surface area contributed by atoms with Gasteiger partial charge in [-0.15, -0.1) is 0 Å². The monoisotopic (exact) mass is 639 g/mol. The predicted octanol–water partition coefficient (Wildman–Crippen LogP) is 12.1. The summed E-state index contributed by atoms with van der Waals surface area (Å²) in [5.74, 6) is 0.683. The zero-order valence-electron chi connectivity index (χ0n) is 27.0. The molecule has 0 aliphatic heterocycles. The van der Waals surface area contributed by atoms with Crippen molar-refractivity contribution in [1.82, 2.24) is 14.5 Å². The van der Waals surface area contributed by atoms with Gasteiger partial charge in [-0.2, -0.15) is 0 Å². The fraction of sp³-hybridized carbons (Fsp3) is 0. The van der Waals surface area contributed by atoms with Crippen molar-refractivity contribution in [2.75, 3.05) is 0 Å². The van der Waals surface area contributed by atoms with Gasteiger partial charge in [0, 0.05) is 33.0 Å². The molecule has 0 saturated carbocycles. The summed E-state index contributed by atoms with van der Waals surface area (Å²) in [6.07, 6.45) is 0. The second kappa shape index (κ2) is 11.4. The minimum atomic E-state index is 0.683. The molecule has 10 rings (SSSR count). The number of hydrogen-bond donors (Lipinski definition) is 0. The third kappa shape index (κ3) is 4.61. The Hall–Kier alpha value is -6.78. The predicted molar refractivity (Wildman–Crippen MR) is 205 cm³/mol. The summed E-state index contributed by atoms with van der Waals surface area (Å²) in [4.78, 5) is 10.0. The largest absolute Gasteiger partial charge is 0.452 e. The van der Waals surface area contributed by atoms with Crippen LogP contribution in [0.15, 0.2) is 180 Å². The van der Waals surface area contributed by atoms with Crippen LogP contribution in [0.1, 0.15) is 0 Å². The lowest BCUT2D eigenvalue weighted by molar-refractivity contribution is 0.667. The molecule has 10 aromatic rings. The highest BCUT2D eigenvalue weighted by Crippen LogP contribution is 2.38. The van der Waals surface area contributed by atoms with E-state index < -0.39 is 0 Å². The standard InChI is InChI=1S/C46H29N3O/c1-3-11-33(12-4-1)43-45-44(48-46(47-43)34-13-5-2-6-14-34)39-28-25-35(29-42(39)50-45)32-21-19-30(20-22-32)31-23-26-36(27-24-31)49-40-17-9-7-15-37(40)38-16-8-10-18-41(38)49/h1-29H. The van der Waals surface area contributed by atoms with Crippen molar-refractivity contribution >= 4 is 43.9 Å². The summed E-state index contributed by atoms with van der Waals surface area (Å²) in [6, 6.07) is 61.5. The molecule has 4 heteroatoms. The number of hydrogen-bond acceptors (Lipinski definition) is 3. The molecule has 3 heterocycles. The summed E-state index contributed by atoms with van der Waals surface area (Å²) < 4.78 is 8.90. The van der Waals surface area contributed by atoms with Crippen LogP contribution in [0.5, 0.6) is 0 Å². The number of furan rings is 1. The number of aromatic nitrogens is 3. The van der Waals surface area contributed by atoms with Crippen molar-refractivity contribution in [3.8, 4) is 50.6 Å². The second-order valence-corrected chi connectivity index (χ2v) is 12.6. The molecule has 0 atom stereocenters. The Morgan fingerprint density at radius 3 is 1.56 bits per heavy atom. The van der Waals surface area contributed by atoms with Gasteiger partial charge in [0.15, 0.2) is 11.4 Å². The Morgan fingerprint density at radius 2 is 0.920 bits per heavy atom. The van der Waals surface area contributed by atoms with E-state index >= 15 is 0 Å². The molecule has 0 aliphatic rings. The fourth-order valence-electron chi connectivity index (χ4n) is 7.19. The van der Waals surface area contributed by atoms with Crippen LogP contribution in [0.4, 0.5) is 0 Å². The van der Waals surface area contributed by atoms with Crippen LogP contribution in [0.3, 0.4) is 0 Å². The Bertz CT molecular complexity index is 2780. The zero-order valence-corrected chi connectivity index (χ0v) is 27.0. The van der Waals surface area contributed by atoms with Crippen LogP contribution in [0, 0.1) is 0 Å². The van der Waals surface area contributed by atoms with Crippen molar-refractivity contribution in [1.29, 1.82) is 0 Å².